The van der Waals surface area contributed by atoms with Crippen LogP contribution >= 0.6 is 75.9 Å². The van der Waals surface area contributed by atoms with Crippen LogP contribution < -0.4 is 5.43 Å². The van der Waals surface area contributed by atoms with Gasteiger partial charge in [0.25, 0.3) is 0 Å². The highest BCUT2D eigenvalue weighted by molar-refractivity contribution is 9.11. The zero-order valence-electron chi connectivity index (χ0n) is 15.4. The molecule has 0 fully saturated rings. The predicted molar refractivity (Wildman–Crippen MR) is 139 cm³/mol. The lowest BCUT2D eigenvalue weighted by atomic mass is 9.90. The molecule has 160 valence electrons. The first-order chi connectivity index (χ1) is 15.1. The number of aromatic carboxylic acids is 1. The van der Waals surface area contributed by atoms with E-state index in [9.17, 15) is 19.8 Å². The molecule has 0 spiro atoms. The van der Waals surface area contributed by atoms with Crippen LogP contribution in [-0.4, -0.2) is 21.3 Å². The van der Waals surface area contributed by atoms with Crippen LogP contribution in [0, 0.1) is 0 Å². The van der Waals surface area contributed by atoms with Gasteiger partial charge in [-0.2, -0.15) is 4.99 Å². The van der Waals surface area contributed by atoms with E-state index in [1.807, 2.05) is 0 Å². The predicted octanol–water partition coefficient (Wildman–Crippen LogP) is 7.75. The number of nitrogens with zero attached hydrogens (tertiary/aromatic N) is 1. The number of carboxylic acid groups (broad SMARTS) is 1. The topological polar surface area (TPSA) is 100 Å². The molecule has 0 saturated carbocycles. The molecule has 1 aliphatic carbocycles. The van der Waals surface area contributed by atoms with E-state index in [0.29, 0.717) is 32.2 Å². The van der Waals surface area contributed by atoms with Gasteiger partial charge in [0.05, 0.1) is 25.4 Å². The second-order valence-electron chi connectivity index (χ2n) is 6.49. The van der Waals surface area contributed by atoms with Crippen LogP contribution in [0.2, 0.25) is 0 Å². The average Bonchev–Trinajstić information content (AvgIpc) is 2.76. The molecule has 4 rings (SSSR count). The maximum absolute atomic E-state index is 12.5. The van der Waals surface area contributed by atoms with Crippen molar-refractivity contribution in [3.05, 3.63) is 64.0 Å². The van der Waals surface area contributed by atoms with Gasteiger partial charge in [-0.1, -0.05) is 6.07 Å². The molecule has 2 aromatic carbocycles. The Bertz CT molecular complexity index is 1540. The van der Waals surface area contributed by atoms with Crippen LogP contribution in [0.4, 0.5) is 5.69 Å². The quantitative estimate of drug-likeness (QED) is 0.129. The summed E-state index contributed by atoms with van der Waals surface area (Å²) in [7, 11) is 0. The summed E-state index contributed by atoms with van der Waals surface area (Å²) in [5.74, 6) is -1.09. The number of benzene rings is 3. The minimum absolute atomic E-state index is 0.0379. The molecular formula is C21H7Br4NO5S. The monoisotopic (exact) mass is 701 g/mol. The number of fused-ring (bicyclic) bond motifs is 2. The molecule has 0 radical (unpaired) electrons. The molecule has 11 heteroatoms. The second kappa shape index (κ2) is 8.81. The summed E-state index contributed by atoms with van der Waals surface area (Å²) in [6.45, 7) is 0. The van der Waals surface area contributed by atoms with Gasteiger partial charge in [0, 0.05) is 16.5 Å². The number of phenolic OH excluding ortho intramolecular Hbond substituents is 1. The molecule has 0 unspecified atom stereocenters. The van der Waals surface area contributed by atoms with Crippen molar-refractivity contribution in [2.45, 2.75) is 0 Å². The standard InChI is InChI=1S/C21H7Br4NO5S/c22-12-4-10-14(8-2-1-7(26-6-32)3-9(8)21(29)30)11-5-13(23)18(28)16(25)20(11)31-19(10)15(24)17(12)27/h1-5,27H,(H,29,30). The third-order valence-corrected chi connectivity index (χ3v) is 7.44. The van der Waals surface area contributed by atoms with E-state index in [-0.39, 0.29) is 41.5 Å². The van der Waals surface area contributed by atoms with Crippen LogP contribution in [0.15, 0.2) is 62.4 Å². The summed E-state index contributed by atoms with van der Waals surface area (Å²) in [5, 5.41) is 23.0. The zero-order chi connectivity index (χ0) is 23.3. The average molecular weight is 705 g/mol. The largest absolute Gasteiger partial charge is 0.505 e. The van der Waals surface area contributed by atoms with Crippen molar-refractivity contribution in [1.82, 2.24) is 0 Å². The Balaban J connectivity index is 2.30. The first-order valence-electron chi connectivity index (χ1n) is 8.56. The smallest absolute Gasteiger partial charge is 0.336 e. The van der Waals surface area contributed by atoms with Crippen molar-refractivity contribution in [3.8, 4) is 28.2 Å². The highest BCUT2D eigenvalue weighted by atomic mass is 79.9. The van der Waals surface area contributed by atoms with Gasteiger partial charge >= 0.3 is 5.97 Å². The van der Waals surface area contributed by atoms with Gasteiger partial charge in [-0.3, -0.25) is 4.79 Å². The lowest BCUT2D eigenvalue weighted by Gasteiger charge is -2.19. The summed E-state index contributed by atoms with van der Waals surface area (Å²) in [6, 6.07) is 7.79. The molecule has 0 bridgehead atoms. The summed E-state index contributed by atoms with van der Waals surface area (Å²) in [4.78, 5) is 28.5. The van der Waals surface area contributed by atoms with Crippen LogP contribution in [0.1, 0.15) is 10.4 Å². The SMILES string of the molecule is O=C(O)c1cc(N=C=S)ccc1-c1c2cc(Br)c(=O)c(Br)c-2oc2c(Br)c(O)c(Br)cc12. The maximum Gasteiger partial charge on any atom is 0.336 e. The van der Waals surface area contributed by atoms with Crippen LogP contribution in [-0.2, 0) is 0 Å². The van der Waals surface area contributed by atoms with E-state index < -0.39 is 5.97 Å². The molecule has 2 N–H and O–H groups in total. The number of hydrogen-bond donors (Lipinski definition) is 2. The summed E-state index contributed by atoms with van der Waals surface area (Å²) in [5.41, 5.74) is 1.51. The van der Waals surface area contributed by atoms with Crippen LogP contribution in [0.5, 0.6) is 5.75 Å². The third-order valence-electron chi connectivity index (χ3n) is 4.70. The Labute approximate surface area is 218 Å². The normalized spacial score (nSPS) is 11.0. The highest BCUT2D eigenvalue weighted by Crippen LogP contribution is 2.49. The highest BCUT2D eigenvalue weighted by Gasteiger charge is 2.27. The van der Waals surface area contributed by atoms with E-state index in [4.69, 9.17) is 4.42 Å². The van der Waals surface area contributed by atoms with Crippen molar-refractivity contribution in [2.24, 2.45) is 4.99 Å². The number of rotatable bonds is 3. The molecule has 2 aliphatic rings. The van der Waals surface area contributed by atoms with Crippen LogP contribution in [0.25, 0.3) is 33.4 Å². The number of aliphatic imine (C=N–C) groups is 1. The fraction of sp³-hybridized carbons (Fsp3) is 0. The zero-order valence-corrected chi connectivity index (χ0v) is 22.5. The summed E-state index contributed by atoms with van der Waals surface area (Å²) < 4.78 is 7.04. The Morgan fingerprint density at radius 3 is 2.41 bits per heavy atom. The molecule has 2 aromatic rings. The molecule has 0 amide bonds. The lowest BCUT2D eigenvalue weighted by Crippen LogP contribution is -2.07. The third kappa shape index (κ3) is 3.76. The number of carbonyl (C=O) groups is 1. The molecule has 32 heavy (non-hydrogen) atoms. The molecule has 0 atom stereocenters. The van der Waals surface area contributed by atoms with Crippen molar-refractivity contribution in [3.63, 3.8) is 0 Å². The van der Waals surface area contributed by atoms with Crippen LogP contribution in [0.3, 0.4) is 0 Å². The van der Waals surface area contributed by atoms with E-state index in [2.05, 4.69) is 86.1 Å². The van der Waals surface area contributed by atoms with Crippen molar-refractivity contribution in [1.29, 1.82) is 0 Å². The number of carboxylic acids is 1. The first kappa shape index (κ1) is 23.3. The summed E-state index contributed by atoms with van der Waals surface area (Å²) in [6.07, 6.45) is 0. The van der Waals surface area contributed by atoms with E-state index in [1.54, 1.807) is 24.3 Å². The molecular weight excluding hydrogens is 698 g/mol. The Kier molecular flexibility index (Phi) is 6.41. The van der Waals surface area contributed by atoms with E-state index in [1.165, 1.54) is 6.07 Å². The van der Waals surface area contributed by atoms with Crippen molar-refractivity contribution >= 4 is 104 Å². The minimum atomic E-state index is -1.18. The van der Waals surface area contributed by atoms with E-state index >= 15 is 0 Å². The van der Waals surface area contributed by atoms with Crippen molar-refractivity contribution in [2.75, 3.05) is 0 Å². The minimum Gasteiger partial charge on any atom is -0.505 e. The van der Waals surface area contributed by atoms with Gasteiger partial charge in [0.2, 0.25) is 5.43 Å². The van der Waals surface area contributed by atoms with Gasteiger partial charge in [0.1, 0.15) is 14.7 Å². The molecule has 1 aliphatic heterocycles. The number of halogens is 4. The van der Waals surface area contributed by atoms with Gasteiger partial charge in [0.15, 0.2) is 11.3 Å². The Hall–Kier alpha value is -1.88. The van der Waals surface area contributed by atoms with Gasteiger partial charge in [-0.25, -0.2) is 4.79 Å². The first-order valence-corrected chi connectivity index (χ1v) is 12.1. The Morgan fingerprint density at radius 1 is 1.03 bits per heavy atom. The molecule has 0 aromatic heterocycles. The van der Waals surface area contributed by atoms with Gasteiger partial charge in [-0.05, 0) is 106 Å². The fourth-order valence-corrected chi connectivity index (χ4v) is 5.84. The molecule has 1 heterocycles. The number of thiocarbonyl (C=S) groups is 1. The van der Waals surface area contributed by atoms with Crippen molar-refractivity contribution < 1.29 is 19.4 Å². The van der Waals surface area contributed by atoms with E-state index in [0.717, 1.165) is 0 Å². The summed E-state index contributed by atoms with van der Waals surface area (Å²) >= 11 is 17.8. The second-order valence-corrected chi connectivity index (χ2v) is 9.97. The Morgan fingerprint density at radius 2 is 1.75 bits per heavy atom. The molecule has 6 nitrogen and oxygen atoms in total. The van der Waals surface area contributed by atoms with Gasteiger partial charge in [-0.15, -0.1) is 0 Å². The number of isothiocyanates is 1. The molecule has 0 saturated heterocycles. The maximum atomic E-state index is 12.5. The fourth-order valence-electron chi connectivity index (χ4n) is 3.33. The number of aromatic hydroxyl groups is 1. The number of hydrogen-bond acceptors (Lipinski definition) is 6. The number of phenols is 1. The van der Waals surface area contributed by atoms with Gasteiger partial charge < -0.3 is 14.6 Å². The lowest BCUT2D eigenvalue weighted by molar-refractivity contribution is 0.0697.